The first-order chi connectivity index (χ1) is 11.7. The fraction of sp³-hybridized carbons (Fsp3) is 0.444. The number of aliphatic hydroxyl groups is 1. The van der Waals surface area contributed by atoms with Gasteiger partial charge >= 0.3 is 0 Å². The van der Waals surface area contributed by atoms with E-state index < -0.39 is 6.10 Å². The molecule has 0 radical (unpaired) electrons. The van der Waals surface area contributed by atoms with Gasteiger partial charge in [0, 0.05) is 38.3 Å². The number of amides is 1. The number of fused-ring (bicyclic) bond motifs is 1. The number of nitrogens with zero attached hydrogens (tertiary/aromatic N) is 3. The maximum absolute atomic E-state index is 12.4. The molecule has 6 heteroatoms. The van der Waals surface area contributed by atoms with Gasteiger partial charge in [0.25, 0.3) is 5.91 Å². The number of hydrogen-bond donors (Lipinski definition) is 1. The molecule has 6 nitrogen and oxygen atoms in total. The highest BCUT2D eigenvalue weighted by atomic mass is 16.5. The zero-order chi connectivity index (χ0) is 16.5. The summed E-state index contributed by atoms with van der Waals surface area (Å²) in [6.45, 7) is 2.29. The molecule has 2 aliphatic rings. The lowest BCUT2D eigenvalue weighted by Gasteiger charge is -2.28. The minimum Gasteiger partial charge on any atom is -0.390 e. The highest BCUT2D eigenvalue weighted by Crippen LogP contribution is 2.26. The SMILES string of the molecule is O=C(c1ccon1)N1CCN(C2Cc3ccccc3C2)C[C@@H](O)C1. The highest BCUT2D eigenvalue weighted by Gasteiger charge is 2.32. The molecule has 1 saturated heterocycles. The van der Waals surface area contributed by atoms with Gasteiger partial charge in [0.15, 0.2) is 5.69 Å². The Labute approximate surface area is 140 Å². The third kappa shape index (κ3) is 2.95. The van der Waals surface area contributed by atoms with Crippen LogP contribution in [0.4, 0.5) is 0 Å². The van der Waals surface area contributed by atoms with E-state index in [0.29, 0.717) is 31.4 Å². The van der Waals surface area contributed by atoms with Crippen molar-refractivity contribution in [3.63, 3.8) is 0 Å². The van der Waals surface area contributed by atoms with Crippen molar-refractivity contribution in [2.45, 2.75) is 25.0 Å². The zero-order valence-electron chi connectivity index (χ0n) is 13.5. The molecule has 0 saturated carbocycles. The van der Waals surface area contributed by atoms with Crippen LogP contribution in [0.25, 0.3) is 0 Å². The summed E-state index contributed by atoms with van der Waals surface area (Å²) in [4.78, 5) is 16.4. The van der Waals surface area contributed by atoms with Gasteiger partial charge in [0.05, 0.1) is 6.10 Å². The van der Waals surface area contributed by atoms with E-state index in [-0.39, 0.29) is 5.91 Å². The molecular formula is C18H21N3O3. The highest BCUT2D eigenvalue weighted by molar-refractivity contribution is 5.92. The number of rotatable bonds is 2. The molecule has 2 aromatic rings. The number of aliphatic hydroxyl groups excluding tert-OH is 1. The van der Waals surface area contributed by atoms with E-state index in [2.05, 4.69) is 34.3 Å². The molecule has 126 valence electrons. The Morgan fingerprint density at radius 1 is 1.12 bits per heavy atom. The summed E-state index contributed by atoms with van der Waals surface area (Å²) in [5.74, 6) is -0.181. The molecule has 1 fully saturated rings. The second-order valence-corrected chi connectivity index (χ2v) is 6.62. The summed E-state index contributed by atoms with van der Waals surface area (Å²) in [6, 6.07) is 10.5. The van der Waals surface area contributed by atoms with Gasteiger partial charge in [-0.15, -0.1) is 0 Å². The van der Waals surface area contributed by atoms with E-state index in [1.807, 2.05) is 0 Å². The summed E-state index contributed by atoms with van der Waals surface area (Å²) in [6.07, 6.45) is 2.87. The molecule has 0 unspecified atom stereocenters. The molecule has 4 rings (SSSR count). The van der Waals surface area contributed by atoms with E-state index in [4.69, 9.17) is 4.52 Å². The first-order valence-electron chi connectivity index (χ1n) is 8.39. The van der Waals surface area contributed by atoms with Gasteiger partial charge in [-0.05, 0) is 24.0 Å². The first-order valence-corrected chi connectivity index (χ1v) is 8.39. The zero-order valence-corrected chi connectivity index (χ0v) is 13.5. The maximum Gasteiger partial charge on any atom is 0.276 e. The van der Waals surface area contributed by atoms with Crippen LogP contribution >= 0.6 is 0 Å². The molecule has 0 spiro atoms. The monoisotopic (exact) mass is 327 g/mol. The second-order valence-electron chi connectivity index (χ2n) is 6.62. The second kappa shape index (κ2) is 6.37. The Kier molecular flexibility index (Phi) is 4.08. The third-order valence-corrected chi connectivity index (χ3v) is 5.02. The molecule has 2 heterocycles. The molecular weight excluding hydrogens is 306 g/mol. The number of hydrogen-bond acceptors (Lipinski definition) is 5. The predicted molar refractivity (Wildman–Crippen MR) is 87.6 cm³/mol. The quantitative estimate of drug-likeness (QED) is 0.890. The average molecular weight is 327 g/mol. The molecule has 1 N–H and O–H groups in total. The Bertz CT molecular complexity index is 691. The third-order valence-electron chi connectivity index (χ3n) is 5.02. The summed E-state index contributed by atoms with van der Waals surface area (Å²) < 4.78 is 4.75. The van der Waals surface area contributed by atoms with Crippen molar-refractivity contribution in [2.75, 3.05) is 26.2 Å². The van der Waals surface area contributed by atoms with Gasteiger partial charge in [0.1, 0.15) is 6.26 Å². The minimum atomic E-state index is -0.549. The smallest absolute Gasteiger partial charge is 0.276 e. The van der Waals surface area contributed by atoms with Crippen LogP contribution in [0.1, 0.15) is 21.6 Å². The fourth-order valence-electron chi connectivity index (χ4n) is 3.81. The van der Waals surface area contributed by atoms with E-state index in [1.165, 1.54) is 17.4 Å². The molecule has 1 atom stereocenters. The van der Waals surface area contributed by atoms with Gasteiger partial charge in [-0.3, -0.25) is 9.69 Å². The summed E-state index contributed by atoms with van der Waals surface area (Å²) in [5, 5.41) is 14.1. The Morgan fingerprint density at radius 2 is 1.88 bits per heavy atom. The standard InChI is InChI=1S/C18H21N3O3/c22-16-11-20(15-9-13-3-1-2-4-14(13)10-15)6-7-21(12-16)18(23)17-5-8-24-19-17/h1-5,8,15-16,22H,6-7,9-12H2/t16-/m1/s1. The molecule has 1 aliphatic carbocycles. The van der Waals surface area contributed by atoms with Crippen LogP contribution in [-0.4, -0.2) is 64.3 Å². The Hall–Kier alpha value is -2.18. The van der Waals surface area contributed by atoms with E-state index in [1.54, 1.807) is 11.0 Å². The molecule has 24 heavy (non-hydrogen) atoms. The van der Waals surface area contributed by atoms with E-state index in [0.717, 1.165) is 19.4 Å². The van der Waals surface area contributed by atoms with Gasteiger partial charge < -0.3 is 14.5 Å². The van der Waals surface area contributed by atoms with Crippen LogP contribution in [0, 0.1) is 0 Å². The van der Waals surface area contributed by atoms with E-state index >= 15 is 0 Å². The minimum absolute atomic E-state index is 0.181. The largest absolute Gasteiger partial charge is 0.390 e. The topological polar surface area (TPSA) is 69.8 Å². The van der Waals surface area contributed by atoms with Crippen LogP contribution in [0.5, 0.6) is 0 Å². The summed E-state index contributed by atoms with van der Waals surface area (Å²) in [7, 11) is 0. The van der Waals surface area contributed by atoms with Crippen LogP contribution in [-0.2, 0) is 12.8 Å². The van der Waals surface area contributed by atoms with Crippen molar-refractivity contribution in [3.8, 4) is 0 Å². The van der Waals surface area contributed by atoms with Crippen molar-refractivity contribution in [1.82, 2.24) is 15.0 Å². The van der Waals surface area contributed by atoms with Crippen molar-refractivity contribution in [3.05, 3.63) is 53.4 Å². The lowest BCUT2D eigenvalue weighted by Crippen LogP contribution is -2.41. The predicted octanol–water partition coefficient (Wildman–Crippen LogP) is 0.961. The summed E-state index contributed by atoms with van der Waals surface area (Å²) in [5.41, 5.74) is 3.09. The molecule has 1 amide bonds. The lowest BCUT2D eigenvalue weighted by atomic mass is 10.1. The average Bonchev–Trinajstić information content (AvgIpc) is 3.22. The number of β-amino-alcohol motifs (C(OH)–C–C–N with tert-alkyl or cyclic N) is 1. The van der Waals surface area contributed by atoms with Crippen LogP contribution < -0.4 is 0 Å². The first kappa shape index (κ1) is 15.4. The van der Waals surface area contributed by atoms with Crippen molar-refractivity contribution in [2.24, 2.45) is 0 Å². The number of carbonyl (C=O) groups excluding carboxylic acids is 1. The van der Waals surface area contributed by atoms with Gasteiger partial charge in [-0.2, -0.15) is 0 Å². The van der Waals surface area contributed by atoms with Gasteiger partial charge in [-0.1, -0.05) is 29.4 Å². The number of aromatic nitrogens is 1. The Balaban J connectivity index is 1.44. The Morgan fingerprint density at radius 3 is 2.54 bits per heavy atom. The van der Waals surface area contributed by atoms with Crippen LogP contribution in [0.3, 0.4) is 0 Å². The lowest BCUT2D eigenvalue weighted by molar-refractivity contribution is 0.0647. The fourth-order valence-corrected chi connectivity index (χ4v) is 3.81. The van der Waals surface area contributed by atoms with Crippen molar-refractivity contribution >= 4 is 5.91 Å². The normalized spacial score (nSPS) is 22.4. The van der Waals surface area contributed by atoms with E-state index in [9.17, 15) is 9.90 Å². The molecule has 1 aromatic heterocycles. The van der Waals surface area contributed by atoms with Crippen molar-refractivity contribution < 1.29 is 14.4 Å². The van der Waals surface area contributed by atoms with Crippen LogP contribution in [0.2, 0.25) is 0 Å². The van der Waals surface area contributed by atoms with Crippen LogP contribution in [0.15, 0.2) is 41.1 Å². The molecule has 0 bridgehead atoms. The molecule has 1 aliphatic heterocycles. The summed E-state index contributed by atoms with van der Waals surface area (Å²) >= 11 is 0. The maximum atomic E-state index is 12.4. The van der Waals surface area contributed by atoms with Gasteiger partial charge in [0.2, 0.25) is 0 Å². The van der Waals surface area contributed by atoms with Crippen molar-refractivity contribution in [1.29, 1.82) is 0 Å². The van der Waals surface area contributed by atoms with Gasteiger partial charge in [-0.25, -0.2) is 0 Å². The number of carbonyl (C=O) groups is 1. The number of benzene rings is 1. The molecule has 1 aromatic carbocycles.